The van der Waals surface area contributed by atoms with E-state index in [4.69, 9.17) is 11.6 Å². The van der Waals surface area contributed by atoms with Crippen molar-refractivity contribution in [3.63, 3.8) is 0 Å². The summed E-state index contributed by atoms with van der Waals surface area (Å²) in [5.74, 6) is -0.708. The molecular weight excluding hydrogens is 566 g/mol. The summed E-state index contributed by atoms with van der Waals surface area (Å²) in [6, 6.07) is 11.6. The van der Waals surface area contributed by atoms with Crippen LogP contribution in [0.5, 0.6) is 0 Å². The predicted molar refractivity (Wildman–Crippen MR) is 148 cm³/mol. The number of carbonyl (C=O) groups is 2. The Morgan fingerprint density at radius 2 is 1.83 bits per heavy atom. The average molecular weight is 599 g/mol. The minimum atomic E-state index is -3.80. The van der Waals surface area contributed by atoms with E-state index in [0.717, 1.165) is 46.3 Å². The van der Waals surface area contributed by atoms with Crippen LogP contribution in [0.4, 0.5) is 5.69 Å². The standard InChI is InChI=1S/C26H33BrClN3O4S/c1-18-14-22(28)12-13-24(18)31(36(3,34)35)17-25(32)30(16-20-8-7-9-21(27)15-20)19(2)26(33)29-23-10-5-4-6-11-23/h7-9,12-15,19,23H,4-6,10-11,16-17H2,1-3H3,(H,29,33)/t19-/m1/s1. The van der Waals surface area contributed by atoms with E-state index >= 15 is 0 Å². The average Bonchev–Trinajstić information content (AvgIpc) is 2.81. The van der Waals surface area contributed by atoms with Gasteiger partial charge in [-0.1, -0.05) is 58.9 Å². The summed E-state index contributed by atoms with van der Waals surface area (Å²) in [6.45, 7) is 3.15. The Labute approximate surface area is 227 Å². The van der Waals surface area contributed by atoms with Crippen molar-refractivity contribution >= 4 is 55.1 Å². The van der Waals surface area contributed by atoms with Gasteiger partial charge in [0.15, 0.2) is 0 Å². The van der Waals surface area contributed by atoms with Crippen LogP contribution in [0.25, 0.3) is 0 Å². The summed E-state index contributed by atoms with van der Waals surface area (Å²) in [7, 11) is -3.80. The lowest BCUT2D eigenvalue weighted by atomic mass is 9.95. The third-order valence-electron chi connectivity index (χ3n) is 6.47. The molecule has 2 aromatic rings. The molecule has 36 heavy (non-hydrogen) atoms. The SMILES string of the molecule is Cc1cc(Cl)ccc1N(CC(=O)N(Cc1cccc(Br)c1)[C@H](C)C(=O)NC1CCCCC1)S(C)(=O)=O. The Morgan fingerprint density at radius 3 is 2.44 bits per heavy atom. The summed E-state index contributed by atoms with van der Waals surface area (Å²) < 4.78 is 27.4. The van der Waals surface area contributed by atoms with Crippen molar-refractivity contribution in [3.05, 3.63) is 63.1 Å². The predicted octanol–water partition coefficient (Wildman–Crippen LogP) is 5.04. The zero-order valence-corrected chi connectivity index (χ0v) is 24.0. The fourth-order valence-electron chi connectivity index (χ4n) is 4.48. The quantitative estimate of drug-likeness (QED) is 0.438. The molecule has 3 rings (SSSR count). The molecule has 0 spiro atoms. The first-order valence-corrected chi connectivity index (χ1v) is 15.1. The zero-order valence-electron chi connectivity index (χ0n) is 20.8. The van der Waals surface area contributed by atoms with Gasteiger partial charge in [0.1, 0.15) is 12.6 Å². The van der Waals surface area contributed by atoms with Gasteiger partial charge in [0.2, 0.25) is 21.8 Å². The molecular formula is C26H33BrClN3O4S. The molecule has 2 amide bonds. The molecule has 196 valence electrons. The molecule has 1 aliphatic carbocycles. The van der Waals surface area contributed by atoms with E-state index in [1.807, 2.05) is 24.3 Å². The van der Waals surface area contributed by atoms with E-state index < -0.39 is 28.5 Å². The van der Waals surface area contributed by atoms with Gasteiger partial charge < -0.3 is 10.2 Å². The van der Waals surface area contributed by atoms with Crippen LogP contribution in [-0.2, 0) is 26.2 Å². The lowest BCUT2D eigenvalue weighted by molar-refractivity contribution is -0.139. The molecule has 1 N–H and O–H groups in total. The highest BCUT2D eigenvalue weighted by Gasteiger charge is 2.31. The van der Waals surface area contributed by atoms with Crippen molar-refractivity contribution in [2.45, 2.75) is 64.6 Å². The number of nitrogens with one attached hydrogen (secondary N) is 1. The minimum Gasteiger partial charge on any atom is -0.352 e. The molecule has 2 aromatic carbocycles. The maximum absolute atomic E-state index is 13.7. The number of hydrogen-bond acceptors (Lipinski definition) is 4. The Morgan fingerprint density at radius 1 is 1.14 bits per heavy atom. The van der Waals surface area contributed by atoms with E-state index in [1.165, 1.54) is 11.3 Å². The number of carbonyl (C=O) groups excluding carboxylic acids is 2. The van der Waals surface area contributed by atoms with Gasteiger partial charge in [-0.2, -0.15) is 0 Å². The number of amides is 2. The first-order chi connectivity index (χ1) is 17.0. The molecule has 7 nitrogen and oxygen atoms in total. The summed E-state index contributed by atoms with van der Waals surface area (Å²) in [5.41, 5.74) is 1.82. The van der Waals surface area contributed by atoms with Crippen LogP contribution in [0.2, 0.25) is 5.02 Å². The maximum Gasteiger partial charge on any atom is 0.244 e. The van der Waals surface area contributed by atoms with Crippen molar-refractivity contribution in [2.75, 3.05) is 17.1 Å². The zero-order chi connectivity index (χ0) is 26.5. The van der Waals surface area contributed by atoms with Gasteiger partial charge in [-0.3, -0.25) is 13.9 Å². The highest BCUT2D eigenvalue weighted by atomic mass is 79.9. The van der Waals surface area contributed by atoms with E-state index in [2.05, 4.69) is 21.2 Å². The number of aryl methyl sites for hydroxylation is 1. The summed E-state index contributed by atoms with van der Waals surface area (Å²) in [6.07, 6.45) is 6.23. The van der Waals surface area contributed by atoms with Gasteiger partial charge in [0, 0.05) is 22.1 Å². The highest BCUT2D eigenvalue weighted by molar-refractivity contribution is 9.10. The molecule has 10 heteroatoms. The normalized spacial score (nSPS) is 15.2. The first kappa shape index (κ1) is 28.5. The van der Waals surface area contributed by atoms with Crippen LogP contribution in [0.15, 0.2) is 46.9 Å². The van der Waals surface area contributed by atoms with E-state index in [-0.39, 0.29) is 18.5 Å². The van der Waals surface area contributed by atoms with Crippen molar-refractivity contribution in [2.24, 2.45) is 0 Å². The topological polar surface area (TPSA) is 86.8 Å². The van der Waals surface area contributed by atoms with Crippen LogP contribution in [-0.4, -0.2) is 50.0 Å². The smallest absolute Gasteiger partial charge is 0.244 e. The number of anilines is 1. The Kier molecular flexibility index (Phi) is 9.83. The molecule has 1 saturated carbocycles. The fraction of sp³-hybridized carbons (Fsp3) is 0.462. The third kappa shape index (κ3) is 7.70. The van der Waals surface area contributed by atoms with Gasteiger partial charge in [0.25, 0.3) is 0 Å². The van der Waals surface area contributed by atoms with E-state index in [0.29, 0.717) is 16.3 Å². The maximum atomic E-state index is 13.7. The molecule has 1 aliphatic rings. The molecule has 1 atom stereocenters. The summed E-state index contributed by atoms with van der Waals surface area (Å²) >= 11 is 9.51. The number of benzene rings is 2. The van der Waals surface area contributed by atoms with Crippen LogP contribution in [0, 0.1) is 6.92 Å². The monoisotopic (exact) mass is 597 g/mol. The van der Waals surface area contributed by atoms with Gasteiger partial charge in [0.05, 0.1) is 11.9 Å². The molecule has 0 radical (unpaired) electrons. The number of halogens is 2. The molecule has 0 aliphatic heterocycles. The van der Waals surface area contributed by atoms with Gasteiger partial charge in [-0.05, 0) is 68.1 Å². The lowest BCUT2D eigenvalue weighted by Crippen LogP contribution is -2.53. The van der Waals surface area contributed by atoms with Crippen LogP contribution < -0.4 is 9.62 Å². The Bertz CT molecular complexity index is 1200. The van der Waals surface area contributed by atoms with Gasteiger partial charge in [-0.25, -0.2) is 8.42 Å². The fourth-order valence-corrected chi connectivity index (χ4v) is 6.06. The first-order valence-electron chi connectivity index (χ1n) is 12.0. The number of nitrogens with zero attached hydrogens (tertiary/aromatic N) is 2. The second-order valence-electron chi connectivity index (χ2n) is 9.37. The van der Waals surface area contributed by atoms with Crippen LogP contribution in [0.1, 0.15) is 50.2 Å². The van der Waals surface area contributed by atoms with Crippen molar-refractivity contribution in [3.8, 4) is 0 Å². The van der Waals surface area contributed by atoms with Crippen molar-refractivity contribution in [1.82, 2.24) is 10.2 Å². The summed E-state index contributed by atoms with van der Waals surface area (Å²) in [5, 5.41) is 3.57. The second-order valence-corrected chi connectivity index (χ2v) is 12.6. The molecule has 0 aromatic heterocycles. The lowest BCUT2D eigenvalue weighted by Gasteiger charge is -2.33. The second kappa shape index (κ2) is 12.4. The van der Waals surface area contributed by atoms with Crippen molar-refractivity contribution in [1.29, 1.82) is 0 Å². The number of sulfonamides is 1. The van der Waals surface area contributed by atoms with Gasteiger partial charge in [-0.15, -0.1) is 0 Å². The molecule has 0 heterocycles. The summed E-state index contributed by atoms with van der Waals surface area (Å²) in [4.78, 5) is 28.3. The Hall–Kier alpha value is -2.10. The molecule has 0 bridgehead atoms. The van der Waals surface area contributed by atoms with Crippen LogP contribution >= 0.6 is 27.5 Å². The number of hydrogen-bond donors (Lipinski definition) is 1. The van der Waals surface area contributed by atoms with E-state index in [9.17, 15) is 18.0 Å². The van der Waals surface area contributed by atoms with Crippen LogP contribution in [0.3, 0.4) is 0 Å². The molecule has 1 fully saturated rings. The molecule has 0 unspecified atom stereocenters. The number of rotatable bonds is 9. The largest absolute Gasteiger partial charge is 0.352 e. The van der Waals surface area contributed by atoms with E-state index in [1.54, 1.807) is 32.0 Å². The van der Waals surface area contributed by atoms with Gasteiger partial charge >= 0.3 is 0 Å². The Balaban J connectivity index is 1.89. The molecule has 0 saturated heterocycles. The minimum absolute atomic E-state index is 0.0979. The third-order valence-corrected chi connectivity index (χ3v) is 8.32. The van der Waals surface area contributed by atoms with Crippen molar-refractivity contribution < 1.29 is 18.0 Å². The highest BCUT2D eigenvalue weighted by Crippen LogP contribution is 2.26.